The van der Waals surface area contributed by atoms with Gasteiger partial charge in [0.1, 0.15) is 17.5 Å². The first kappa shape index (κ1) is 13.5. The topological polar surface area (TPSA) is 69.2 Å². The highest BCUT2D eigenvalue weighted by Gasteiger charge is 2.31. The molecule has 0 radical (unpaired) electrons. The molecule has 1 amide bonds. The van der Waals surface area contributed by atoms with Crippen LogP contribution in [0.2, 0.25) is 0 Å². The number of amides is 1. The maximum absolute atomic E-state index is 13.7. The smallest absolute Gasteiger partial charge is 0.407 e. The number of carboxylic acid groups (broad SMARTS) is 1. The lowest BCUT2D eigenvalue weighted by atomic mass is 10.1. The first-order valence-corrected chi connectivity index (χ1v) is 6.56. The quantitative estimate of drug-likeness (QED) is 0.893. The molecule has 0 bridgehead atoms. The summed E-state index contributed by atoms with van der Waals surface area (Å²) >= 11 is 0. The van der Waals surface area contributed by atoms with Gasteiger partial charge in [-0.2, -0.15) is 0 Å². The molecule has 1 fully saturated rings. The van der Waals surface area contributed by atoms with Crippen LogP contribution < -0.4 is 0 Å². The Morgan fingerprint density at radius 2 is 2.24 bits per heavy atom. The van der Waals surface area contributed by atoms with Crippen LogP contribution in [0, 0.1) is 11.6 Å². The highest BCUT2D eigenvalue weighted by Crippen LogP contribution is 2.31. The van der Waals surface area contributed by atoms with Crippen LogP contribution in [0.3, 0.4) is 0 Å². The number of nitrogens with zero attached hydrogens (tertiary/aromatic N) is 2. The minimum absolute atomic E-state index is 0.204. The van der Waals surface area contributed by atoms with Crippen LogP contribution in [0.15, 0.2) is 24.4 Å². The maximum Gasteiger partial charge on any atom is 0.407 e. The molecule has 1 saturated heterocycles. The summed E-state index contributed by atoms with van der Waals surface area (Å²) in [5, 5.41) is 9.13. The second-order valence-electron chi connectivity index (χ2n) is 4.94. The van der Waals surface area contributed by atoms with Gasteiger partial charge in [-0.3, -0.25) is 4.90 Å². The van der Waals surface area contributed by atoms with Gasteiger partial charge in [-0.25, -0.2) is 18.6 Å². The van der Waals surface area contributed by atoms with Gasteiger partial charge in [0.05, 0.1) is 17.9 Å². The number of imidazole rings is 1. The minimum atomic E-state index is -0.997. The van der Waals surface area contributed by atoms with Gasteiger partial charge in [-0.1, -0.05) is 0 Å². The predicted octanol–water partition coefficient (Wildman–Crippen LogP) is 3.17. The number of aromatic amines is 1. The van der Waals surface area contributed by atoms with E-state index < -0.39 is 17.7 Å². The van der Waals surface area contributed by atoms with Crippen molar-refractivity contribution >= 4 is 6.09 Å². The van der Waals surface area contributed by atoms with Crippen molar-refractivity contribution in [1.29, 1.82) is 0 Å². The van der Waals surface area contributed by atoms with Gasteiger partial charge in [0, 0.05) is 18.2 Å². The van der Waals surface area contributed by atoms with Crippen molar-refractivity contribution in [3.05, 3.63) is 41.9 Å². The van der Waals surface area contributed by atoms with Gasteiger partial charge in [-0.05, 0) is 25.0 Å². The second-order valence-corrected chi connectivity index (χ2v) is 4.94. The summed E-state index contributed by atoms with van der Waals surface area (Å²) in [5.41, 5.74) is 0.606. The van der Waals surface area contributed by atoms with E-state index in [4.69, 9.17) is 5.11 Å². The Balaban J connectivity index is 1.91. The van der Waals surface area contributed by atoms with Crippen molar-refractivity contribution in [3.63, 3.8) is 0 Å². The van der Waals surface area contributed by atoms with Crippen molar-refractivity contribution in [2.75, 3.05) is 6.54 Å². The Bertz CT molecular complexity index is 687. The summed E-state index contributed by atoms with van der Waals surface area (Å²) in [6.07, 6.45) is 1.87. The van der Waals surface area contributed by atoms with E-state index in [1.54, 1.807) is 0 Å². The zero-order chi connectivity index (χ0) is 15.0. The first-order valence-electron chi connectivity index (χ1n) is 6.56. The molecule has 21 heavy (non-hydrogen) atoms. The lowest BCUT2D eigenvalue weighted by Gasteiger charge is -2.19. The molecule has 1 aliphatic heterocycles. The molecule has 1 atom stereocenters. The maximum atomic E-state index is 13.7. The van der Waals surface area contributed by atoms with Crippen LogP contribution in [-0.4, -0.2) is 32.6 Å². The average molecular weight is 293 g/mol. The van der Waals surface area contributed by atoms with Gasteiger partial charge in [0.25, 0.3) is 0 Å². The third-order valence-electron chi connectivity index (χ3n) is 3.63. The molecule has 7 heteroatoms. The van der Waals surface area contributed by atoms with Gasteiger partial charge in [-0.15, -0.1) is 0 Å². The third kappa shape index (κ3) is 2.46. The molecule has 2 aromatic rings. The van der Waals surface area contributed by atoms with Crippen molar-refractivity contribution in [1.82, 2.24) is 14.9 Å². The van der Waals surface area contributed by atoms with Crippen LogP contribution in [0.25, 0.3) is 11.3 Å². The van der Waals surface area contributed by atoms with E-state index in [0.29, 0.717) is 24.5 Å². The third-order valence-corrected chi connectivity index (χ3v) is 3.63. The van der Waals surface area contributed by atoms with Gasteiger partial charge in [0.15, 0.2) is 0 Å². The predicted molar refractivity (Wildman–Crippen MR) is 70.6 cm³/mol. The molecule has 5 nitrogen and oxygen atoms in total. The van der Waals surface area contributed by atoms with Gasteiger partial charge in [0.2, 0.25) is 0 Å². The van der Waals surface area contributed by atoms with E-state index in [-0.39, 0.29) is 11.6 Å². The summed E-state index contributed by atoms with van der Waals surface area (Å²) in [5.74, 6) is -0.857. The number of likely N-dealkylation sites (tertiary alicyclic amines) is 1. The number of carbonyl (C=O) groups is 1. The number of aromatic nitrogens is 2. The first-order chi connectivity index (χ1) is 10.1. The van der Waals surface area contributed by atoms with Crippen molar-refractivity contribution in [2.24, 2.45) is 0 Å². The van der Waals surface area contributed by atoms with Crippen LogP contribution in [0.4, 0.5) is 13.6 Å². The number of H-pyrrole nitrogens is 1. The molecule has 1 unspecified atom stereocenters. The number of hydrogen-bond donors (Lipinski definition) is 2. The fourth-order valence-electron chi connectivity index (χ4n) is 2.63. The van der Waals surface area contributed by atoms with E-state index in [1.165, 1.54) is 17.2 Å². The fourth-order valence-corrected chi connectivity index (χ4v) is 2.63. The number of hydrogen-bond acceptors (Lipinski definition) is 2. The van der Waals surface area contributed by atoms with Crippen LogP contribution in [-0.2, 0) is 0 Å². The standard InChI is InChI=1S/C14H13F2N3O2/c15-8-3-4-9(10(16)6-8)11-7-17-13(18-11)12-2-1-5-19(12)14(20)21/h3-4,6-7,12H,1-2,5H2,(H,17,18)(H,20,21). The van der Waals surface area contributed by atoms with Crippen LogP contribution in [0.1, 0.15) is 24.7 Å². The number of rotatable bonds is 2. The molecule has 1 aromatic carbocycles. The largest absolute Gasteiger partial charge is 0.465 e. The Morgan fingerprint density at radius 1 is 1.43 bits per heavy atom. The Kier molecular flexibility index (Phi) is 3.32. The molecule has 3 rings (SSSR count). The van der Waals surface area contributed by atoms with E-state index >= 15 is 0 Å². The fraction of sp³-hybridized carbons (Fsp3) is 0.286. The van der Waals surface area contributed by atoms with E-state index in [1.807, 2.05) is 0 Å². The summed E-state index contributed by atoms with van der Waals surface area (Å²) in [6, 6.07) is 2.94. The summed E-state index contributed by atoms with van der Waals surface area (Å²) in [4.78, 5) is 19.5. The van der Waals surface area contributed by atoms with E-state index in [9.17, 15) is 13.6 Å². The summed E-state index contributed by atoms with van der Waals surface area (Å²) in [7, 11) is 0. The lowest BCUT2D eigenvalue weighted by molar-refractivity contribution is 0.139. The molecule has 1 aliphatic rings. The van der Waals surface area contributed by atoms with Crippen molar-refractivity contribution < 1.29 is 18.7 Å². The number of benzene rings is 1. The number of nitrogens with one attached hydrogen (secondary N) is 1. The highest BCUT2D eigenvalue weighted by atomic mass is 19.1. The molecule has 110 valence electrons. The normalized spacial score (nSPS) is 18.2. The highest BCUT2D eigenvalue weighted by molar-refractivity contribution is 5.66. The minimum Gasteiger partial charge on any atom is -0.465 e. The van der Waals surface area contributed by atoms with Crippen LogP contribution in [0.5, 0.6) is 0 Å². The summed E-state index contributed by atoms with van der Waals surface area (Å²) in [6.45, 7) is 0.459. The monoisotopic (exact) mass is 293 g/mol. The molecular formula is C14H13F2N3O2. The van der Waals surface area contributed by atoms with Crippen molar-refractivity contribution in [3.8, 4) is 11.3 Å². The molecule has 0 saturated carbocycles. The summed E-state index contributed by atoms with van der Waals surface area (Å²) < 4.78 is 26.7. The van der Waals surface area contributed by atoms with Gasteiger partial charge >= 0.3 is 6.09 Å². The Labute approximate surface area is 119 Å². The molecule has 2 N–H and O–H groups in total. The molecule has 0 aliphatic carbocycles. The molecule has 0 spiro atoms. The van der Waals surface area contributed by atoms with Gasteiger partial charge < -0.3 is 10.1 Å². The average Bonchev–Trinajstić information content (AvgIpc) is 3.06. The zero-order valence-electron chi connectivity index (χ0n) is 11.0. The van der Waals surface area contributed by atoms with Crippen molar-refractivity contribution in [2.45, 2.75) is 18.9 Å². The Morgan fingerprint density at radius 3 is 2.95 bits per heavy atom. The second kappa shape index (κ2) is 5.16. The SMILES string of the molecule is O=C(O)N1CCCC1c1ncc(-c2ccc(F)cc2F)[nH]1. The lowest BCUT2D eigenvalue weighted by Crippen LogP contribution is -2.29. The van der Waals surface area contributed by atoms with E-state index in [0.717, 1.165) is 18.6 Å². The molecular weight excluding hydrogens is 280 g/mol. The van der Waals surface area contributed by atoms with Crippen LogP contribution >= 0.6 is 0 Å². The zero-order valence-corrected chi connectivity index (χ0v) is 11.0. The molecule has 1 aromatic heterocycles. The number of halogens is 2. The van der Waals surface area contributed by atoms with E-state index in [2.05, 4.69) is 9.97 Å². The Hall–Kier alpha value is -2.44. The molecule has 2 heterocycles.